The summed E-state index contributed by atoms with van der Waals surface area (Å²) in [6.07, 6.45) is 1.82. The highest BCUT2D eigenvalue weighted by Gasteiger charge is 2.45. The van der Waals surface area contributed by atoms with Gasteiger partial charge >= 0.3 is 0 Å². The number of anilines is 1. The van der Waals surface area contributed by atoms with Crippen LogP contribution in [0.15, 0.2) is 30.9 Å². The lowest BCUT2D eigenvalue weighted by atomic mass is 10.1. The highest BCUT2D eigenvalue weighted by Crippen LogP contribution is 2.34. The van der Waals surface area contributed by atoms with Gasteiger partial charge in [-0.15, -0.1) is 0 Å². The lowest BCUT2D eigenvalue weighted by Crippen LogP contribution is -2.34. The molecule has 3 N–H and O–H groups in total. The molecule has 1 aliphatic heterocycles. The summed E-state index contributed by atoms with van der Waals surface area (Å²) >= 11 is 0. The highest BCUT2D eigenvalue weighted by molar-refractivity contribution is 5.83. The fraction of sp³-hybridized carbons (Fsp3) is 0.476. The third kappa shape index (κ3) is 3.41. The van der Waals surface area contributed by atoms with Gasteiger partial charge in [0.05, 0.1) is 20.0 Å². The van der Waals surface area contributed by atoms with E-state index in [1.165, 1.54) is 24.6 Å². The molecule has 1 aliphatic carbocycles. The molecule has 0 radical (unpaired) electrons. The van der Waals surface area contributed by atoms with Crippen molar-refractivity contribution in [3.8, 4) is 5.75 Å². The van der Waals surface area contributed by atoms with Crippen molar-refractivity contribution >= 4 is 17.0 Å². The minimum absolute atomic E-state index is 0.181. The molecule has 2 aromatic heterocycles. The molecule has 1 fully saturated rings. The first kappa shape index (κ1) is 20.1. The number of hydrogen-bond acceptors (Lipinski definition) is 9. The van der Waals surface area contributed by atoms with Gasteiger partial charge in [-0.1, -0.05) is 6.07 Å². The SMILES string of the molecule is COc1ccc2c(c1)CC(Nc1ncnc3c1ncn3[C@@H]1O[C@H](CO)[C@@H](O)[C@H]1OC)C2. The van der Waals surface area contributed by atoms with Gasteiger partial charge in [-0.05, 0) is 36.1 Å². The molecular weight excluding hydrogens is 402 g/mol. The fourth-order valence-corrected chi connectivity index (χ4v) is 4.51. The van der Waals surface area contributed by atoms with E-state index in [-0.39, 0.29) is 12.6 Å². The number of nitrogens with one attached hydrogen (secondary N) is 1. The summed E-state index contributed by atoms with van der Waals surface area (Å²) in [6.45, 7) is -0.307. The molecule has 1 aromatic carbocycles. The molecule has 0 saturated carbocycles. The Balaban J connectivity index is 1.40. The van der Waals surface area contributed by atoms with Crippen LogP contribution in [0.2, 0.25) is 0 Å². The van der Waals surface area contributed by atoms with Gasteiger partial charge in [-0.3, -0.25) is 4.57 Å². The number of aliphatic hydroxyl groups is 2. The maximum Gasteiger partial charge on any atom is 0.167 e. The van der Waals surface area contributed by atoms with Crippen molar-refractivity contribution in [2.45, 2.75) is 43.4 Å². The van der Waals surface area contributed by atoms with Gasteiger partial charge in [0, 0.05) is 13.2 Å². The quantitative estimate of drug-likeness (QED) is 0.521. The minimum Gasteiger partial charge on any atom is -0.497 e. The first-order valence-corrected chi connectivity index (χ1v) is 10.2. The number of imidazole rings is 1. The Labute approximate surface area is 178 Å². The monoisotopic (exact) mass is 427 g/mol. The van der Waals surface area contributed by atoms with E-state index in [0.717, 1.165) is 18.6 Å². The first-order chi connectivity index (χ1) is 15.1. The predicted octanol–water partition coefficient (Wildman–Crippen LogP) is 0.680. The van der Waals surface area contributed by atoms with Crippen LogP contribution in [0.3, 0.4) is 0 Å². The molecule has 5 atom stereocenters. The Morgan fingerprint density at radius 3 is 2.81 bits per heavy atom. The zero-order valence-corrected chi connectivity index (χ0v) is 17.3. The van der Waals surface area contributed by atoms with E-state index < -0.39 is 24.5 Å². The molecule has 0 bridgehead atoms. The van der Waals surface area contributed by atoms with E-state index in [9.17, 15) is 10.2 Å². The maximum absolute atomic E-state index is 10.4. The van der Waals surface area contributed by atoms with Crippen molar-refractivity contribution < 1.29 is 24.4 Å². The zero-order valence-electron chi connectivity index (χ0n) is 17.3. The van der Waals surface area contributed by atoms with Crippen molar-refractivity contribution in [1.29, 1.82) is 0 Å². The standard InChI is InChI=1S/C21H25N5O5/c1-29-14-4-3-11-5-13(6-12(11)7-14)25-19-16-20(23-9-22-19)26(10-24-16)21-18(30-2)17(28)15(8-27)31-21/h3-4,7,9-10,13,15,17-18,21,27-28H,5-6,8H2,1-2H3,(H,22,23,25)/t13?,15-,17-,18-,21-/m1/s1. The van der Waals surface area contributed by atoms with Crippen molar-refractivity contribution in [3.05, 3.63) is 42.0 Å². The number of ether oxygens (including phenoxy) is 3. The second-order valence-corrected chi connectivity index (χ2v) is 7.87. The number of aliphatic hydroxyl groups excluding tert-OH is 2. The van der Waals surface area contributed by atoms with Crippen LogP contribution in [0.4, 0.5) is 5.82 Å². The third-order valence-corrected chi connectivity index (χ3v) is 6.08. The molecular formula is C21H25N5O5. The molecule has 2 aliphatic rings. The van der Waals surface area contributed by atoms with Gasteiger partial charge in [0.15, 0.2) is 23.2 Å². The summed E-state index contributed by atoms with van der Waals surface area (Å²) in [6, 6.07) is 6.34. The zero-order chi connectivity index (χ0) is 21.5. The second kappa shape index (κ2) is 8.04. The molecule has 3 heterocycles. The second-order valence-electron chi connectivity index (χ2n) is 7.87. The third-order valence-electron chi connectivity index (χ3n) is 6.08. The number of rotatable bonds is 6. The van der Waals surface area contributed by atoms with Crippen molar-refractivity contribution in [2.75, 3.05) is 26.1 Å². The number of aromatic nitrogens is 4. The van der Waals surface area contributed by atoms with E-state index >= 15 is 0 Å². The van der Waals surface area contributed by atoms with Crippen LogP contribution in [0, 0.1) is 0 Å². The number of fused-ring (bicyclic) bond motifs is 2. The number of methoxy groups -OCH3 is 2. The Kier molecular flexibility index (Phi) is 5.22. The Morgan fingerprint density at radius 1 is 1.19 bits per heavy atom. The first-order valence-electron chi connectivity index (χ1n) is 10.2. The van der Waals surface area contributed by atoms with Crippen LogP contribution in [-0.4, -0.2) is 74.9 Å². The molecule has 31 heavy (non-hydrogen) atoms. The summed E-state index contributed by atoms with van der Waals surface area (Å²) in [4.78, 5) is 13.3. The summed E-state index contributed by atoms with van der Waals surface area (Å²) in [5.74, 6) is 1.50. The van der Waals surface area contributed by atoms with Crippen molar-refractivity contribution in [1.82, 2.24) is 19.5 Å². The topological polar surface area (TPSA) is 124 Å². The van der Waals surface area contributed by atoms with Crippen LogP contribution in [0.1, 0.15) is 17.4 Å². The summed E-state index contributed by atoms with van der Waals surface area (Å²) < 4.78 is 18.3. The van der Waals surface area contributed by atoms with E-state index in [0.29, 0.717) is 17.0 Å². The summed E-state index contributed by atoms with van der Waals surface area (Å²) in [5, 5.41) is 23.3. The van der Waals surface area contributed by atoms with E-state index in [1.807, 2.05) is 6.07 Å². The van der Waals surface area contributed by atoms with Crippen LogP contribution in [0.5, 0.6) is 5.75 Å². The molecule has 10 nitrogen and oxygen atoms in total. The average Bonchev–Trinajstić information content (AvgIpc) is 3.47. The van der Waals surface area contributed by atoms with Gasteiger partial charge < -0.3 is 29.7 Å². The van der Waals surface area contributed by atoms with E-state index in [4.69, 9.17) is 14.2 Å². The van der Waals surface area contributed by atoms with Gasteiger partial charge in [-0.25, -0.2) is 15.0 Å². The number of nitrogens with zero attached hydrogens (tertiary/aromatic N) is 4. The molecule has 1 saturated heterocycles. The van der Waals surface area contributed by atoms with Crippen LogP contribution in [0.25, 0.3) is 11.2 Å². The Bertz CT molecular complexity index is 1090. The van der Waals surface area contributed by atoms with Crippen molar-refractivity contribution in [2.24, 2.45) is 0 Å². The van der Waals surface area contributed by atoms with Crippen LogP contribution < -0.4 is 10.1 Å². The van der Waals surface area contributed by atoms with Crippen molar-refractivity contribution in [3.63, 3.8) is 0 Å². The van der Waals surface area contributed by atoms with Gasteiger partial charge in [0.25, 0.3) is 0 Å². The Morgan fingerprint density at radius 2 is 2.03 bits per heavy atom. The van der Waals surface area contributed by atoms with Gasteiger partial charge in [-0.2, -0.15) is 0 Å². The lowest BCUT2D eigenvalue weighted by Gasteiger charge is -2.20. The van der Waals surface area contributed by atoms with Crippen LogP contribution >= 0.6 is 0 Å². The summed E-state index contributed by atoms with van der Waals surface area (Å²) in [7, 11) is 3.17. The summed E-state index contributed by atoms with van der Waals surface area (Å²) in [5.41, 5.74) is 3.73. The number of benzene rings is 1. The Hall–Kier alpha value is -2.79. The van der Waals surface area contributed by atoms with Gasteiger partial charge in [0.2, 0.25) is 0 Å². The predicted molar refractivity (Wildman–Crippen MR) is 111 cm³/mol. The highest BCUT2D eigenvalue weighted by atomic mass is 16.6. The fourth-order valence-electron chi connectivity index (χ4n) is 4.51. The smallest absolute Gasteiger partial charge is 0.167 e. The molecule has 10 heteroatoms. The average molecular weight is 427 g/mol. The molecule has 5 rings (SSSR count). The van der Waals surface area contributed by atoms with Gasteiger partial charge in [0.1, 0.15) is 30.4 Å². The molecule has 164 valence electrons. The minimum atomic E-state index is -0.953. The number of hydrogen-bond donors (Lipinski definition) is 3. The van der Waals surface area contributed by atoms with E-state index in [2.05, 4.69) is 32.4 Å². The lowest BCUT2D eigenvalue weighted by molar-refractivity contribution is -0.0583. The maximum atomic E-state index is 10.4. The van der Waals surface area contributed by atoms with Crippen LogP contribution in [-0.2, 0) is 22.3 Å². The van der Waals surface area contributed by atoms with E-state index in [1.54, 1.807) is 18.0 Å². The molecule has 0 amide bonds. The normalized spacial score (nSPS) is 27.5. The molecule has 3 aromatic rings. The molecule has 0 spiro atoms. The largest absolute Gasteiger partial charge is 0.497 e. The molecule has 1 unspecified atom stereocenters.